The van der Waals surface area contributed by atoms with Crippen LogP contribution in [0, 0.1) is 0 Å². The average Bonchev–Trinajstić information content (AvgIpc) is 2.31. The second-order valence-corrected chi connectivity index (χ2v) is 5.54. The zero-order valence-electron chi connectivity index (χ0n) is 11.3. The molecule has 0 aromatic carbocycles. The van der Waals surface area contributed by atoms with Crippen molar-refractivity contribution in [1.29, 1.82) is 0 Å². The topological polar surface area (TPSA) is 52.7 Å². The summed E-state index contributed by atoms with van der Waals surface area (Å²) in [6.45, 7) is 6.65. The van der Waals surface area contributed by atoms with Crippen LogP contribution >= 0.6 is 0 Å². The van der Waals surface area contributed by atoms with E-state index in [4.69, 9.17) is 0 Å². The summed E-state index contributed by atoms with van der Waals surface area (Å²) in [7, 11) is 0. The first kappa shape index (κ1) is 13.3. The zero-order chi connectivity index (χ0) is 13.1. The fourth-order valence-corrected chi connectivity index (χ4v) is 2.82. The molecule has 5 heteroatoms. The Morgan fingerprint density at radius 1 is 1.28 bits per heavy atom. The lowest BCUT2D eigenvalue weighted by atomic mass is 10.1. The summed E-state index contributed by atoms with van der Waals surface area (Å²) in [5.74, 6) is 0.219. The van der Waals surface area contributed by atoms with Crippen molar-refractivity contribution in [1.82, 2.24) is 15.1 Å². The Morgan fingerprint density at radius 2 is 1.94 bits per heavy atom. The number of hydrogen-bond donors (Lipinski definition) is 1. The molecule has 2 unspecified atom stereocenters. The number of nitrogens with one attached hydrogen (secondary N) is 1. The van der Waals surface area contributed by atoms with Crippen LogP contribution in [0.5, 0.6) is 0 Å². The summed E-state index contributed by atoms with van der Waals surface area (Å²) < 4.78 is 0. The van der Waals surface area contributed by atoms with Gasteiger partial charge in [0.05, 0.1) is 6.54 Å². The second-order valence-electron chi connectivity index (χ2n) is 5.54. The lowest BCUT2D eigenvalue weighted by Crippen LogP contribution is -2.57. The summed E-state index contributed by atoms with van der Waals surface area (Å²) in [5, 5.41) is 3.40. The van der Waals surface area contributed by atoms with Crippen LogP contribution in [0.4, 0.5) is 0 Å². The van der Waals surface area contributed by atoms with Crippen molar-refractivity contribution in [2.45, 2.75) is 45.2 Å². The van der Waals surface area contributed by atoms with Gasteiger partial charge in [-0.3, -0.25) is 9.59 Å². The van der Waals surface area contributed by atoms with Gasteiger partial charge < -0.3 is 15.1 Å². The second kappa shape index (κ2) is 5.69. The number of amides is 2. The molecule has 0 saturated carbocycles. The van der Waals surface area contributed by atoms with Gasteiger partial charge in [0.15, 0.2) is 0 Å². The first-order valence-electron chi connectivity index (χ1n) is 6.88. The highest BCUT2D eigenvalue weighted by Crippen LogP contribution is 2.11. The molecule has 2 aliphatic rings. The van der Waals surface area contributed by atoms with Gasteiger partial charge in [0.25, 0.3) is 0 Å². The van der Waals surface area contributed by atoms with Crippen molar-refractivity contribution in [3.05, 3.63) is 0 Å². The molecule has 0 aromatic heterocycles. The standard InChI is InChI=1S/C13H23N3O2/c1-10-7-16(8-11(2)14-10)13(18)9-15-6-4-3-5-12(15)17/h10-11,14H,3-9H2,1-2H3. The molecule has 2 aliphatic heterocycles. The molecule has 0 aliphatic carbocycles. The highest BCUT2D eigenvalue weighted by molar-refractivity contribution is 5.85. The summed E-state index contributed by atoms with van der Waals surface area (Å²) in [4.78, 5) is 27.5. The molecule has 0 spiro atoms. The van der Waals surface area contributed by atoms with Crippen LogP contribution in [0.2, 0.25) is 0 Å². The van der Waals surface area contributed by atoms with Crippen molar-refractivity contribution < 1.29 is 9.59 Å². The van der Waals surface area contributed by atoms with Gasteiger partial charge in [-0.15, -0.1) is 0 Å². The number of piperidine rings is 1. The molecule has 2 heterocycles. The normalized spacial score (nSPS) is 29.6. The van der Waals surface area contributed by atoms with Crippen molar-refractivity contribution in [3.63, 3.8) is 0 Å². The van der Waals surface area contributed by atoms with Gasteiger partial charge in [-0.2, -0.15) is 0 Å². The summed E-state index contributed by atoms with van der Waals surface area (Å²) in [6, 6.07) is 0.657. The molecule has 1 N–H and O–H groups in total. The third kappa shape index (κ3) is 3.22. The van der Waals surface area contributed by atoms with Crippen LogP contribution in [0.15, 0.2) is 0 Å². The number of likely N-dealkylation sites (tertiary alicyclic amines) is 1. The number of nitrogens with zero attached hydrogens (tertiary/aromatic N) is 2. The minimum Gasteiger partial charge on any atom is -0.338 e. The van der Waals surface area contributed by atoms with Gasteiger partial charge in [0.2, 0.25) is 11.8 Å². The predicted octanol–water partition coefficient (Wildman–Crippen LogP) is 0.208. The highest BCUT2D eigenvalue weighted by Gasteiger charge is 2.27. The molecule has 5 nitrogen and oxygen atoms in total. The number of carbonyl (C=O) groups is 2. The molecule has 2 amide bonds. The van der Waals surface area contributed by atoms with Crippen LogP contribution in [-0.4, -0.2) is 59.9 Å². The fourth-order valence-electron chi connectivity index (χ4n) is 2.82. The van der Waals surface area contributed by atoms with E-state index in [2.05, 4.69) is 19.2 Å². The van der Waals surface area contributed by atoms with E-state index >= 15 is 0 Å². The van der Waals surface area contributed by atoms with E-state index in [1.807, 2.05) is 4.90 Å². The summed E-state index contributed by atoms with van der Waals surface area (Å²) in [6.07, 6.45) is 2.58. The molecule has 18 heavy (non-hydrogen) atoms. The van der Waals surface area contributed by atoms with Crippen LogP contribution in [0.25, 0.3) is 0 Å². The lowest BCUT2D eigenvalue weighted by molar-refractivity contribution is -0.142. The quantitative estimate of drug-likeness (QED) is 0.765. The van der Waals surface area contributed by atoms with Gasteiger partial charge in [0, 0.05) is 38.1 Å². The molecule has 2 rings (SSSR count). The van der Waals surface area contributed by atoms with E-state index in [0.29, 0.717) is 18.5 Å². The molecule has 2 fully saturated rings. The van der Waals surface area contributed by atoms with Gasteiger partial charge in [-0.05, 0) is 26.7 Å². The monoisotopic (exact) mass is 253 g/mol. The van der Waals surface area contributed by atoms with Crippen molar-refractivity contribution in [2.75, 3.05) is 26.2 Å². The fraction of sp³-hybridized carbons (Fsp3) is 0.846. The van der Waals surface area contributed by atoms with Crippen LogP contribution in [0.1, 0.15) is 33.1 Å². The van der Waals surface area contributed by atoms with Gasteiger partial charge in [-0.25, -0.2) is 0 Å². The van der Waals surface area contributed by atoms with Crippen molar-refractivity contribution >= 4 is 11.8 Å². The molecule has 2 saturated heterocycles. The van der Waals surface area contributed by atoms with Crippen LogP contribution < -0.4 is 5.32 Å². The minimum atomic E-state index is 0.0884. The molecule has 2 atom stereocenters. The van der Waals surface area contributed by atoms with Crippen molar-refractivity contribution in [3.8, 4) is 0 Å². The number of rotatable bonds is 2. The van der Waals surface area contributed by atoms with E-state index < -0.39 is 0 Å². The van der Waals surface area contributed by atoms with Gasteiger partial charge in [0.1, 0.15) is 0 Å². The van der Waals surface area contributed by atoms with E-state index in [1.165, 1.54) is 0 Å². The van der Waals surface area contributed by atoms with E-state index in [1.54, 1.807) is 4.90 Å². The summed E-state index contributed by atoms with van der Waals surface area (Å²) >= 11 is 0. The Hall–Kier alpha value is -1.10. The van der Waals surface area contributed by atoms with E-state index in [0.717, 1.165) is 32.5 Å². The van der Waals surface area contributed by atoms with E-state index in [9.17, 15) is 9.59 Å². The molecular formula is C13H23N3O2. The maximum atomic E-state index is 12.2. The molecular weight excluding hydrogens is 230 g/mol. The average molecular weight is 253 g/mol. The number of carbonyl (C=O) groups excluding carboxylic acids is 2. The molecule has 0 aromatic rings. The third-order valence-corrected chi connectivity index (χ3v) is 3.66. The molecule has 0 radical (unpaired) electrons. The van der Waals surface area contributed by atoms with E-state index in [-0.39, 0.29) is 18.4 Å². The highest BCUT2D eigenvalue weighted by atomic mass is 16.2. The van der Waals surface area contributed by atoms with Gasteiger partial charge >= 0.3 is 0 Å². The predicted molar refractivity (Wildman–Crippen MR) is 69.1 cm³/mol. The maximum Gasteiger partial charge on any atom is 0.242 e. The largest absolute Gasteiger partial charge is 0.338 e. The molecule has 0 bridgehead atoms. The number of hydrogen-bond acceptors (Lipinski definition) is 3. The van der Waals surface area contributed by atoms with Crippen LogP contribution in [-0.2, 0) is 9.59 Å². The Kier molecular flexibility index (Phi) is 4.22. The SMILES string of the molecule is CC1CN(C(=O)CN2CCCCC2=O)CC(C)N1. The smallest absolute Gasteiger partial charge is 0.242 e. The van der Waals surface area contributed by atoms with Gasteiger partial charge in [-0.1, -0.05) is 0 Å². The first-order chi connectivity index (χ1) is 8.56. The Balaban J connectivity index is 1.88. The maximum absolute atomic E-state index is 12.2. The first-order valence-corrected chi connectivity index (χ1v) is 6.88. The zero-order valence-corrected chi connectivity index (χ0v) is 11.3. The summed E-state index contributed by atoms with van der Waals surface area (Å²) in [5.41, 5.74) is 0. The minimum absolute atomic E-state index is 0.0884. The van der Waals surface area contributed by atoms with Crippen LogP contribution in [0.3, 0.4) is 0 Å². The lowest BCUT2D eigenvalue weighted by Gasteiger charge is -2.37. The Labute approximate surface area is 108 Å². The number of piperazine rings is 1. The van der Waals surface area contributed by atoms with Crippen molar-refractivity contribution in [2.24, 2.45) is 0 Å². The molecule has 102 valence electrons. The third-order valence-electron chi connectivity index (χ3n) is 3.66. The Morgan fingerprint density at radius 3 is 2.56 bits per heavy atom. The Bertz CT molecular complexity index is 322.